The van der Waals surface area contributed by atoms with Crippen LogP contribution < -0.4 is 0 Å². The molecule has 116 valence electrons. The van der Waals surface area contributed by atoms with Gasteiger partial charge in [0.2, 0.25) is 0 Å². The number of unbranched alkanes of at least 4 members (excludes halogenated alkanes) is 1. The van der Waals surface area contributed by atoms with Crippen molar-refractivity contribution in [2.75, 3.05) is 12.4 Å². The molecule has 0 bridgehead atoms. The zero-order valence-electron chi connectivity index (χ0n) is 13.5. The molecule has 20 heavy (non-hydrogen) atoms. The Morgan fingerprint density at radius 2 is 2.15 bits per heavy atom. The Kier molecular flexibility index (Phi) is 8.35. The summed E-state index contributed by atoms with van der Waals surface area (Å²) in [6.45, 7) is 9.48. The summed E-state index contributed by atoms with van der Waals surface area (Å²) in [7, 11) is 0. The number of esters is 1. The van der Waals surface area contributed by atoms with E-state index in [1.54, 1.807) is 5.57 Å². The Morgan fingerprint density at radius 1 is 1.40 bits per heavy atom. The molecule has 1 rings (SSSR count). The first-order chi connectivity index (χ1) is 9.54. The van der Waals surface area contributed by atoms with Gasteiger partial charge in [-0.3, -0.25) is 4.79 Å². The van der Waals surface area contributed by atoms with E-state index in [0.717, 1.165) is 24.5 Å². The lowest BCUT2D eigenvalue weighted by Gasteiger charge is -2.31. The molecule has 0 amide bonds. The molecule has 0 aliphatic heterocycles. The Balaban J connectivity index is 2.26. The second kappa shape index (κ2) is 9.49. The molecule has 1 fully saturated rings. The van der Waals surface area contributed by atoms with E-state index in [1.807, 2.05) is 11.8 Å². The monoisotopic (exact) mass is 298 g/mol. The van der Waals surface area contributed by atoms with Crippen molar-refractivity contribution in [1.29, 1.82) is 0 Å². The number of ether oxygens (including phenoxy) is 1. The number of carbonyl (C=O) groups is 1. The predicted molar refractivity (Wildman–Crippen MR) is 88.1 cm³/mol. The van der Waals surface area contributed by atoms with Gasteiger partial charge in [-0.1, -0.05) is 31.4 Å². The predicted octanol–water partition coefficient (Wildman–Crippen LogP) is 4.98. The molecule has 1 aliphatic rings. The number of hydrogen-bond donors (Lipinski definition) is 0. The Morgan fingerprint density at radius 3 is 2.80 bits per heavy atom. The van der Waals surface area contributed by atoms with Gasteiger partial charge in [-0.25, -0.2) is 0 Å². The van der Waals surface area contributed by atoms with Crippen LogP contribution in [0.15, 0.2) is 11.1 Å². The van der Waals surface area contributed by atoms with Crippen LogP contribution in [0.4, 0.5) is 0 Å². The molecule has 0 aromatic carbocycles. The summed E-state index contributed by atoms with van der Waals surface area (Å²) in [6, 6.07) is 0. The van der Waals surface area contributed by atoms with Crippen LogP contribution in [-0.2, 0) is 9.53 Å². The molecule has 0 saturated heterocycles. The topological polar surface area (TPSA) is 26.3 Å². The molecule has 0 aromatic rings. The average molecular weight is 298 g/mol. The maximum Gasteiger partial charge on any atom is 0.306 e. The van der Waals surface area contributed by atoms with Crippen molar-refractivity contribution < 1.29 is 9.53 Å². The van der Waals surface area contributed by atoms with Crippen molar-refractivity contribution in [3.05, 3.63) is 11.1 Å². The zero-order chi connectivity index (χ0) is 15.0. The molecule has 2 nitrogen and oxygen atoms in total. The first kappa shape index (κ1) is 17.6. The lowest BCUT2D eigenvalue weighted by Crippen LogP contribution is -2.22. The maximum atomic E-state index is 11.6. The Hall–Kier alpha value is -0.440. The standard InChI is InChI=1S/C17H30O2S/c1-5-6-10-19-17(18)9-11-20-16-12-15(13(2)3)8-7-14(16)4/h14,16H,5-12H2,1-4H3. The van der Waals surface area contributed by atoms with Crippen LogP contribution in [0, 0.1) is 5.92 Å². The molecular formula is C17H30O2S. The molecule has 0 radical (unpaired) electrons. The summed E-state index contributed by atoms with van der Waals surface area (Å²) in [5, 5.41) is 0.678. The van der Waals surface area contributed by atoms with Gasteiger partial charge in [0.1, 0.15) is 0 Å². The Labute approximate surface area is 128 Å². The van der Waals surface area contributed by atoms with Gasteiger partial charge in [-0.2, -0.15) is 11.8 Å². The van der Waals surface area contributed by atoms with Crippen molar-refractivity contribution in [1.82, 2.24) is 0 Å². The summed E-state index contributed by atoms with van der Waals surface area (Å²) in [6.07, 6.45) is 6.37. The molecule has 0 heterocycles. The molecule has 0 aromatic heterocycles. The summed E-state index contributed by atoms with van der Waals surface area (Å²) in [4.78, 5) is 11.6. The highest BCUT2D eigenvalue weighted by atomic mass is 32.2. The van der Waals surface area contributed by atoms with Crippen molar-refractivity contribution >= 4 is 17.7 Å². The van der Waals surface area contributed by atoms with Gasteiger partial charge in [0.05, 0.1) is 13.0 Å². The van der Waals surface area contributed by atoms with Gasteiger partial charge >= 0.3 is 5.97 Å². The van der Waals surface area contributed by atoms with Gasteiger partial charge in [-0.15, -0.1) is 0 Å². The van der Waals surface area contributed by atoms with E-state index in [4.69, 9.17) is 4.74 Å². The van der Waals surface area contributed by atoms with Crippen LogP contribution in [0.25, 0.3) is 0 Å². The van der Waals surface area contributed by atoms with Crippen LogP contribution >= 0.6 is 11.8 Å². The average Bonchev–Trinajstić information content (AvgIpc) is 2.41. The van der Waals surface area contributed by atoms with E-state index < -0.39 is 0 Å². The zero-order valence-corrected chi connectivity index (χ0v) is 14.4. The van der Waals surface area contributed by atoms with E-state index in [-0.39, 0.29) is 5.97 Å². The van der Waals surface area contributed by atoms with Crippen molar-refractivity contribution in [3.63, 3.8) is 0 Å². The molecule has 3 heteroatoms. The fourth-order valence-corrected chi connectivity index (χ4v) is 3.88. The lowest BCUT2D eigenvalue weighted by molar-refractivity contribution is -0.143. The minimum absolute atomic E-state index is 0.0307. The highest BCUT2D eigenvalue weighted by Gasteiger charge is 2.25. The van der Waals surface area contributed by atoms with Gasteiger partial charge < -0.3 is 4.74 Å². The number of rotatable bonds is 7. The minimum atomic E-state index is -0.0307. The number of carbonyl (C=O) groups excluding carboxylic acids is 1. The second-order valence-corrected chi connectivity index (χ2v) is 7.40. The fourth-order valence-electron chi connectivity index (χ4n) is 2.51. The normalized spacial score (nSPS) is 22.7. The largest absolute Gasteiger partial charge is 0.466 e. The van der Waals surface area contributed by atoms with Gasteiger partial charge in [0.15, 0.2) is 0 Å². The van der Waals surface area contributed by atoms with Crippen LogP contribution in [-0.4, -0.2) is 23.6 Å². The summed E-state index contributed by atoms with van der Waals surface area (Å²) < 4.78 is 5.20. The summed E-state index contributed by atoms with van der Waals surface area (Å²) in [5.41, 5.74) is 3.12. The third-order valence-electron chi connectivity index (χ3n) is 4.09. The van der Waals surface area contributed by atoms with Crippen molar-refractivity contribution in [3.8, 4) is 0 Å². The molecule has 0 N–H and O–H groups in total. The third kappa shape index (κ3) is 6.34. The van der Waals surface area contributed by atoms with Gasteiger partial charge in [-0.05, 0) is 45.4 Å². The first-order valence-corrected chi connectivity index (χ1v) is 9.02. The van der Waals surface area contributed by atoms with Crippen molar-refractivity contribution in [2.24, 2.45) is 5.92 Å². The lowest BCUT2D eigenvalue weighted by atomic mass is 9.85. The van der Waals surface area contributed by atoms with Gasteiger partial charge in [0, 0.05) is 11.0 Å². The fraction of sp³-hybridized carbons (Fsp3) is 0.824. The third-order valence-corrected chi connectivity index (χ3v) is 5.59. The van der Waals surface area contributed by atoms with E-state index in [9.17, 15) is 4.79 Å². The highest BCUT2D eigenvalue weighted by Crippen LogP contribution is 2.37. The van der Waals surface area contributed by atoms with Crippen LogP contribution in [0.3, 0.4) is 0 Å². The number of allylic oxidation sites excluding steroid dienone is 2. The number of hydrogen-bond acceptors (Lipinski definition) is 3. The molecular weight excluding hydrogens is 268 g/mol. The SMILES string of the molecule is CCCCOC(=O)CCSC1CC(=C(C)C)CCC1C. The van der Waals surface area contributed by atoms with E-state index in [0.29, 0.717) is 18.3 Å². The van der Waals surface area contributed by atoms with E-state index >= 15 is 0 Å². The van der Waals surface area contributed by atoms with Crippen LogP contribution in [0.5, 0.6) is 0 Å². The molecule has 1 saturated carbocycles. The smallest absolute Gasteiger partial charge is 0.306 e. The molecule has 2 atom stereocenters. The molecule has 0 spiro atoms. The Bertz CT molecular complexity index is 332. The van der Waals surface area contributed by atoms with Crippen LogP contribution in [0.2, 0.25) is 0 Å². The second-order valence-electron chi connectivity index (χ2n) is 6.06. The van der Waals surface area contributed by atoms with Crippen LogP contribution in [0.1, 0.15) is 66.2 Å². The van der Waals surface area contributed by atoms with Gasteiger partial charge in [0.25, 0.3) is 0 Å². The molecule has 1 aliphatic carbocycles. The maximum absolute atomic E-state index is 11.6. The minimum Gasteiger partial charge on any atom is -0.466 e. The number of thioether (sulfide) groups is 1. The first-order valence-electron chi connectivity index (χ1n) is 7.97. The van der Waals surface area contributed by atoms with E-state index in [1.165, 1.54) is 24.8 Å². The molecule has 2 unspecified atom stereocenters. The summed E-state index contributed by atoms with van der Waals surface area (Å²) >= 11 is 1.96. The highest BCUT2D eigenvalue weighted by molar-refractivity contribution is 7.99. The van der Waals surface area contributed by atoms with E-state index in [2.05, 4.69) is 27.7 Å². The summed E-state index contributed by atoms with van der Waals surface area (Å²) in [5.74, 6) is 1.63. The van der Waals surface area contributed by atoms with Crippen molar-refractivity contribution in [2.45, 2.75) is 71.5 Å². The quantitative estimate of drug-likeness (QED) is 0.377.